The second kappa shape index (κ2) is 5.77. The fourth-order valence-electron chi connectivity index (χ4n) is 3.49. The van der Waals surface area contributed by atoms with Crippen LogP contribution < -0.4 is 4.74 Å². The molecule has 4 heterocycles. The van der Waals surface area contributed by atoms with Crippen molar-refractivity contribution in [2.24, 2.45) is 0 Å². The third-order valence-electron chi connectivity index (χ3n) is 4.85. The van der Waals surface area contributed by atoms with Gasteiger partial charge in [0.2, 0.25) is 0 Å². The number of imidazole rings is 1. The number of hydrogen-bond donors (Lipinski definition) is 0. The average molecular weight is 358 g/mol. The zero-order valence-corrected chi connectivity index (χ0v) is 15.3. The van der Waals surface area contributed by atoms with E-state index in [2.05, 4.69) is 25.7 Å². The van der Waals surface area contributed by atoms with Gasteiger partial charge in [-0.05, 0) is 32.1 Å². The van der Waals surface area contributed by atoms with Gasteiger partial charge < -0.3 is 9.30 Å². The standard InChI is InChI=1S/C20H18N6O/c1-12-9-21-13(2)19-23-18(24-26(12)19)8-7-14-10-25-11-16-15(20(25)22-14)5-4-6-17(16)27-3/h4-10H,11H2,1-3H3/b8-7+. The largest absolute Gasteiger partial charge is 0.496 e. The molecule has 3 aromatic heterocycles. The lowest BCUT2D eigenvalue weighted by atomic mass is 10.1. The average Bonchev–Trinajstić information content (AvgIpc) is 3.35. The maximum atomic E-state index is 5.46. The Morgan fingerprint density at radius 1 is 1.15 bits per heavy atom. The predicted molar refractivity (Wildman–Crippen MR) is 103 cm³/mol. The van der Waals surface area contributed by atoms with Crippen molar-refractivity contribution in [2.75, 3.05) is 7.11 Å². The van der Waals surface area contributed by atoms with Crippen molar-refractivity contribution in [3.63, 3.8) is 0 Å². The van der Waals surface area contributed by atoms with Crippen LogP contribution in [0.5, 0.6) is 5.75 Å². The van der Waals surface area contributed by atoms with Gasteiger partial charge in [0.15, 0.2) is 11.5 Å². The Labute approximate surface area is 156 Å². The van der Waals surface area contributed by atoms with Crippen molar-refractivity contribution in [1.29, 1.82) is 0 Å². The van der Waals surface area contributed by atoms with Crippen molar-refractivity contribution < 1.29 is 4.74 Å². The van der Waals surface area contributed by atoms with Gasteiger partial charge in [-0.1, -0.05) is 12.1 Å². The first-order chi connectivity index (χ1) is 13.1. The summed E-state index contributed by atoms with van der Waals surface area (Å²) in [6, 6.07) is 6.07. The van der Waals surface area contributed by atoms with Gasteiger partial charge in [0.25, 0.3) is 0 Å². The number of aryl methyl sites for hydroxylation is 2. The Morgan fingerprint density at radius 3 is 2.85 bits per heavy atom. The Bertz CT molecular complexity index is 1180. The third-order valence-corrected chi connectivity index (χ3v) is 4.85. The topological polar surface area (TPSA) is 70.1 Å². The molecule has 5 rings (SSSR count). The maximum Gasteiger partial charge on any atom is 0.177 e. The molecule has 1 aromatic carbocycles. The summed E-state index contributed by atoms with van der Waals surface area (Å²) in [5, 5.41) is 4.54. The van der Waals surface area contributed by atoms with E-state index in [0.29, 0.717) is 5.82 Å². The molecule has 0 spiro atoms. The molecule has 0 fully saturated rings. The van der Waals surface area contributed by atoms with Crippen molar-refractivity contribution in [1.82, 2.24) is 29.1 Å². The molecular formula is C20H18N6O. The minimum absolute atomic E-state index is 0.643. The van der Waals surface area contributed by atoms with Crippen LogP contribution in [0.25, 0.3) is 29.2 Å². The number of hydrogen-bond acceptors (Lipinski definition) is 5. The highest BCUT2D eigenvalue weighted by Gasteiger charge is 2.23. The lowest BCUT2D eigenvalue weighted by Gasteiger charge is -2.05. The van der Waals surface area contributed by atoms with Crippen LogP contribution in [0.1, 0.15) is 28.5 Å². The molecule has 0 saturated carbocycles. The predicted octanol–water partition coefficient (Wildman–Crippen LogP) is 3.15. The minimum atomic E-state index is 0.643. The van der Waals surface area contributed by atoms with Gasteiger partial charge in [-0.15, -0.1) is 5.10 Å². The normalized spacial score (nSPS) is 12.7. The maximum absolute atomic E-state index is 5.46. The second-order valence-corrected chi connectivity index (χ2v) is 6.63. The lowest BCUT2D eigenvalue weighted by Crippen LogP contribution is -1.97. The van der Waals surface area contributed by atoms with Gasteiger partial charge in [-0.3, -0.25) is 4.98 Å². The molecule has 7 heteroatoms. The molecule has 134 valence electrons. The molecule has 4 aromatic rings. The van der Waals surface area contributed by atoms with E-state index in [0.717, 1.165) is 46.4 Å². The Kier molecular flexibility index (Phi) is 3.36. The fourth-order valence-corrected chi connectivity index (χ4v) is 3.49. The first kappa shape index (κ1) is 15.7. The summed E-state index contributed by atoms with van der Waals surface area (Å²) < 4.78 is 9.42. The van der Waals surface area contributed by atoms with E-state index >= 15 is 0 Å². The highest BCUT2D eigenvalue weighted by molar-refractivity contribution is 5.72. The third kappa shape index (κ3) is 2.43. The monoisotopic (exact) mass is 358 g/mol. The first-order valence-corrected chi connectivity index (χ1v) is 8.74. The quantitative estimate of drug-likeness (QED) is 0.495. The van der Waals surface area contributed by atoms with Crippen molar-refractivity contribution in [3.8, 4) is 17.1 Å². The minimum Gasteiger partial charge on any atom is -0.496 e. The van der Waals surface area contributed by atoms with Gasteiger partial charge in [-0.2, -0.15) is 0 Å². The van der Waals surface area contributed by atoms with Gasteiger partial charge in [0, 0.05) is 23.5 Å². The highest BCUT2D eigenvalue weighted by atomic mass is 16.5. The SMILES string of the molecule is COc1cccc2c1Cn1cc(/C=C/c3nc4c(C)ncc(C)n4n3)nc1-2. The second-order valence-electron chi connectivity index (χ2n) is 6.63. The van der Waals surface area contributed by atoms with E-state index in [1.807, 2.05) is 48.8 Å². The van der Waals surface area contributed by atoms with E-state index < -0.39 is 0 Å². The number of nitrogens with zero attached hydrogens (tertiary/aromatic N) is 6. The van der Waals surface area contributed by atoms with Gasteiger partial charge in [0.05, 0.1) is 30.7 Å². The summed E-state index contributed by atoms with van der Waals surface area (Å²) in [5.41, 5.74) is 5.77. The molecule has 1 aliphatic heterocycles. The molecule has 0 unspecified atom stereocenters. The Hall–Kier alpha value is -3.48. The Balaban J connectivity index is 1.48. The van der Waals surface area contributed by atoms with E-state index in [1.165, 1.54) is 5.56 Å². The summed E-state index contributed by atoms with van der Waals surface area (Å²) in [5.74, 6) is 2.51. The van der Waals surface area contributed by atoms with Crippen LogP contribution in [0.2, 0.25) is 0 Å². The van der Waals surface area contributed by atoms with Gasteiger partial charge >= 0.3 is 0 Å². The van der Waals surface area contributed by atoms with Crippen molar-refractivity contribution >= 4 is 17.8 Å². The number of ether oxygens (including phenoxy) is 1. The molecule has 0 amide bonds. The molecule has 1 aliphatic rings. The van der Waals surface area contributed by atoms with Crippen LogP contribution in [0.4, 0.5) is 0 Å². The molecular weight excluding hydrogens is 340 g/mol. The van der Waals surface area contributed by atoms with E-state index in [-0.39, 0.29) is 0 Å². The Morgan fingerprint density at radius 2 is 2.04 bits per heavy atom. The highest BCUT2D eigenvalue weighted by Crippen LogP contribution is 2.36. The van der Waals surface area contributed by atoms with Crippen molar-refractivity contribution in [2.45, 2.75) is 20.4 Å². The molecule has 0 N–H and O–H groups in total. The fraction of sp³-hybridized carbons (Fsp3) is 0.200. The number of methoxy groups -OCH3 is 1. The van der Waals surface area contributed by atoms with Gasteiger partial charge in [0.1, 0.15) is 11.6 Å². The summed E-state index contributed by atoms with van der Waals surface area (Å²) >= 11 is 0. The van der Waals surface area contributed by atoms with E-state index in [4.69, 9.17) is 9.72 Å². The zero-order chi connectivity index (χ0) is 18.5. The summed E-state index contributed by atoms with van der Waals surface area (Å²) in [7, 11) is 1.70. The smallest absolute Gasteiger partial charge is 0.177 e. The number of benzene rings is 1. The van der Waals surface area contributed by atoms with Crippen LogP contribution in [0.3, 0.4) is 0 Å². The van der Waals surface area contributed by atoms with E-state index in [9.17, 15) is 0 Å². The number of aromatic nitrogens is 6. The molecule has 0 radical (unpaired) electrons. The summed E-state index contributed by atoms with van der Waals surface area (Å²) in [4.78, 5) is 13.7. The molecule has 0 aliphatic carbocycles. The summed E-state index contributed by atoms with van der Waals surface area (Å²) in [6.45, 7) is 4.67. The van der Waals surface area contributed by atoms with Gasteiger partial charge in [-0.25, -0.2) is 14.5 Å². The van der Waals surface area contributed by atoms with Crippen LogP contribution >= 0.6 is 0 Å². The molecule has 0 atom stereocenters. The molecule has 27 heavy (non-hydrogen) atoms. The van der Waals surface area contributed by atoms with Crippen molar-refractivity contribution in [3.05, 3.63) is 59.1 Å². The zero-order valence-electron chi connectivity index (χ0n) is 15.3. The lowest BCUT2D eigenvalue weighted by molar-refractivity contribution is 0.410. The first-order valence-electron chi connectivity index (χ1n) is 8.74. The van der Waals surface area contributed by atoms with Crippen LogP contribution in [0.15, 0.2) is 30.6 Å². The molecule has 0 bridgehead atoms. The molecule has 0 saturated heterocycles. The number of fused-ring (bicyclic) bond motifs is 4. The van der Waals surface area contributed by atoms with Crippen LogP contribution in [0, 0.1) is 13.8 Å². The number of rotatable bonds is 3. The van der Waals surface area contributed by atoms with E-state index in [1.54, 1.807) is 13.3 Å². The summed E-state index contributed by atoms with van der Waals surface area (Å²) in [6.07, 6.45) is 7.67. The van der Waals surface area contributed by atoms with Crippen LogP contribution in [-0.2, 0) is 6.54 Å². The van der Waals surface area contributed by atoms with Crippen LogP contribution in [-0.4, -0.2) is 36.2 Å². The molecule has 7 nitrogen and oxygen atoms in total.